The average molecular weight is 317 g/mol. The zero-order valence-electron chi connectivity index (χ0n) is 10.5. The fourth-order valence-electron chi connectivity index (χ4n) is 2.27. The van der Waals surface area contributed by atoms with E-state index in [1.807, 2.05) is 49.4 Å². The molecule has 1 aliphatic rings. The molecule has 0 aliphatic carbocycles. The van der Waals surface area contributed by atoms with Gasteiger partial charge in [0.25, 0.3) is 0 Å². The van der Waals surface area contributed by atoms with Gasteiger partial charge < -0.3 is 4.74 Å². The third kappa shape index (κ3) is 2.30. The largest absolute Gasteiger partial charge is 0.484 e. The zero-order valence-corrected chi connectivity index (χ0v) is 12.1. The predicted octanol–water partition coefficient (Wildman–Crippen LogP) is 4.46. The summed E-state index contributed by atoms with van der Waals surface area (Å²) in [6.07, 6.45) is 0.200. The van der Waals surface area contributed by atoms with E-state index in [4.69, 9.17) is 4.74 Å². The second-order valence-electron chi connectivity index (χ2n) is 4.74. The van der Waals surface area contributed by atoms with E-state index in [2.05, 4.69) is 15.9 Å². The quantitative estimate of drug-likeness (QED) is 0.776. The van der Waals surface area contributed by atoms with Crippen LogP contribution in [0.25, 0.3) is 0 Å². The van der Waals surface area contributed by atoms with Crippen LogP contribution < -0.4 is 4.74 Å². The van der Waals surface area contributed by atoms with Crippen molar-refractivity contribution in [2.75, 3.05) is 0 Å². The first-order valence-corrected chi connectivity index (χ1v) is 6.99. The Morgan fingerprint density at radius 3 is 2.79 bits per heavy atom. The minimum Gasteiger partial charge on any atom is -0.484 e. The number of rotatable bonds is 1. The molecule has 0 spiro atoms. The van der Waals surface area contributed by atoms with E-state index in [9.17, 15) is 4.79 Å². The van der Waals surface area contributed by atoms with Crippen molar-refractivity contribution in [1.29, 1.82) is 0 Å². The third-order valence-electron chi connectivity index (χ3n) is 3.40. The van der Waals surface area contributed by atoms with Crippen LogP contribution in [0.4, 0.5) is 0 Å². The number of carbonyl (C=O) groups excluding carboxylic acids is 1. The van der Waals surface area contributed by atoms with Gasteiger partial charge in [-0.2, -0.15) is 0 Å². The Morgan fingerprint density at radius 2 is 2.00 bits per heavy atom. The Balaban J connectivity index is 1.96. The lowest BCUT2D eigenvalue weighted by Crippen LogP contribution is -2.20. The molecule has 0 saturated carbocycles. The molecule has 0 bridgehead atoms. The number of ketones is 1. The Morgan fingerprint density at radius 1 is 1.21 bits per heavy atom. The molecule has 19 heavy (non-hydrogen) atoms. The van der Waals surface area contributed by atoms with Gasteiger partial charge >= 0.3 is 0 Å². The molecule has 0 amide bonds. The molecule has 2 nitrogen and oxygen atoms in total. The number of benzene rings is 2. The number of para-hydroxylation sites is 1. The first-order chi connectivity index (χ1) is 9.15. The molecule has 1 heterocycles. The molecule has 0 fully saturated rings. The smallest absolute Gasteiger partial charge is 0.170 e. The summed E-state index contributed by atoms with van der Waals surface area (Å²) >= 11 is 3.52. The van der Waals surface area contributed by atoms with Gasteiger partial charge in [-0.15, -0.1) is 0 Å². The van der Waals surface area contributed by atoms with Crippen molar-refractivity contribution < 1.29 is 9.53 Å². The number of Topliss-reactive ketones (excluding diaryl/α,β-unsaturated/α-hetero) is 1. The molecule has 0 aromatic heterocycles. The molecule has 2 aromatic rings. The van der Waals surface area contributed by atoms with Crippen LogP contribution in [0.1, 0.15) is 34.0 Å². The van der Waals surface area contributed by atoms with Gasteiger partial charge in [0.2, 0.25) is 0 Å². The van der Waals surface area contributed by atoms with Crippen LogP contribution in [0.15, 0.2) is 46.9 Å². The number of fused-ring (bicyclic) bond motifs is 1. The van der Waals surface area contributed by atoms with Gasteiger partial charge in [0, 0.05) is 4.47 Å². The molecule has 3 heteroatoms. The maximum absolute atomic E-state index is 12.1. The number of ether oxygens (including phenoxy) is 1. The lowest BCUT2D eigenvalue weighted by Gasteiger charge is -2.25. The Bertz CT molecular complexity index is 649. The van der Waals surface area contributed by atoms with Gasteiger partial charge in [-0.25, -0.2) is 0 Å². The summed E-state index contributed by atoms with van der Waals surface area (Å²) in [6, 6.07) is 13.5. The Labute approximate surface area is 120 Å². The summed E-state index contributed by atoms with van der Waals surface area (Å²) in [4.78, 5) is 12.1. The Hall–Kier alpha value is -1.61. The minimum absolute atomic E-state index is 0.142. The van der Waals surface area contributed by atoms with Crippen molar-refractivity contribution in [3.8, 4) is 5.75 Å². The molecular weight excluding hydrogens is 304 g/mol. The van der Waals surface area contributed by atoms with E-state index < -0.39 is 0 Å². The molecular formula is C16H13BrO2. The van der Waals surface area contributed by atoms with Crippen LogP contribution in [-0.4, -0.2) is 5.78 Å². The lowest BCUT2D eigenvalue weighted by molar-refractivity contribution is 0.0850. The van der Waals surface area contributed by atoms with E-state index in [1.165, 1.54) is 5.56 Å². The van der Waals surface area contributed by atoms with Crippen molar-refractivity contribution in [3.05, 3.63) is 63.6 Å². The first-order valence-electron chi connectivity index (χ1n) is 6.20. The molecule has 1 unspecified atom stereocenters. The van der Waals surface area contributed by atoms with E-state index in [0.717, 1.165) is 10.0 Å². The van der Waals surface area contributed by atoms with Crippen molar-refractivity contribution in [1.82, 2.24) is 0 Å². The summed E-state index contributed by atoms with van der Waals surface area (Å²) < 4.78 is 6.98. The number of hydrogen-bond donors (Lipinski definition) is 0. The molecule has 0 saturated heterocycles. The standard InChI is InChI=1S/C16H13BrO2/c1-10-6-7-11(8-13(10)17)16-9-14(18)12-4-2-3-5-15(12)19-16/h2-8,16H,9H2,1H3. The monoisotopic (exact) mass is 316 g/mol. The summed E-state index contributed by atoms with van der Waals surface area (Å²) in [5.41, 5.74) is 2.89. The summed E-state index contributed by atoms with van der Waals surface area (Å²) in [5, 5.41) is 0. The normalized spacial score (nSPS) is 17.8. The van der Waals surface area contributed by atoms with Crippen LogP contribution in [-0.2, 0) is 0 Å². The topological polar surface area (TPSA) is 26.3 Å². The predicted molar refractivity (Wildman–Crippen MR) is 77.6 cm³/mol. The van der Waals surface area contributed by atoms with Gasteiger partial charge in [-0.3, -0.25) is 4.79 Å². The third-order valence-corrected chi connectivity index (χ3v) is 4.25. The zero-order chi connectivity index (χ0) is 13.4. The highest BCUT2D eigenvalue weighted by atomic mass is 79.9. The van der Waals surface area contributed by atoms with Crippen LogP contribution in [0.5, 0.6) is 5.75 Å². The lowest BCUT2D eigenvalue weighted by atomic mass is 9.96. The fourth-order valence-corrected chi connectivity index (χ4v) is 2.66. The molecule has 0 N–H and O–H groups in total. The van der Waals surface area contributed by atoms with Gasteiger partial charge in [0.05, 0.1) is 12.0 Å². The van der Waals surface area contributed by atoms with Crippen molar-refractivity contribution in [3.63, 3.8) is 0 Å². The first kappa shape index (κ1) is 12.4. The van der Waals surface area contributed by atoms with Crippen LogP contribution in [0.3, 0.4) is 0 Å². The highest BCUT2D eigenvalue weighted by molar-refractivity contribution is 9.10. The fraction of sp³-hybridized carbons (Fsp3) is 0.188. The molecule has 0 radical (unpaired) electrons. The number of halogens is 1. The molecule has 1 aliphatic heterocycles. The van der Waals surface area contributed by atoms with E-state index in [0.29, 0.717) is 17.7 Å². The number of carbonyl (C=O) groups is 1. The van der Waals surface area contributed by atoms with Gasteiger partial charge in [-0.1, -0.05) is 40.2 Å². The van der Waals surface area contributed by atoms with Crippen LogP contribution in [0.2, 0.25) is 0 Å². The van der Waals surface area contributed by atoms with Crippen LogP contribution >= 0.6 is 15.9 Å². The number of aryl methyl sites for hydroxylation is 1. The van der Waals surface area contributed by atoms with Gasteiger partial charge in [0.1, 0.15) is 11.9 Å². The molecule has 2 aromatic carbocycles. The van der Waals surface area contributed by atoms with E-state index in [1.54, 1.807) is 0 Å². The van der Waals surface area contributed by atoms with Crippen molar-refractivity contribution >= 4 is 21.7 Å². The maximum atomic E-state index is 12.1. The highest BCUT2D eigenvalue weighted by Gasteiger charge is 2.27. The van der Waals surface area contributed by atoms with E-state index >= 15 is 0 Å². The second kappa shape index (κ2) is 4.82. The molecule has 1 atom stereocenters. The second-order valence-corrected chi connectivity index (χ2v) is 5.59. The summed E-state index contributed by atoms with van der Waals surface area (Å²) in [6.45, 7) is 2.04. The minimum atomic E-state index is -0.195. The Kier molecular flexibility index (Phi) is 3.15. The number of hydrogen-bond acceptors (Lipinski definition) is 2. The maximum Gasteiger partial charge on any atom is 0.170 e. The van der Waals surface area contributed by atoms with E-state index in [-0.39, 0.29) is 11.9 Å². The summed E-state index contributed by atoms with van der Waals surface area (Å²) in [5.74, 6) is 0.823. The molecule has 96 valence electrons. The SMILES string of the molecule is Cc1ccc(C2CC(=O)c3ccccc3O2)cc1Br. The highest BCUT2D eigenvalue weighted by Crippen LogP contribution is 2.35. The average Bonchev–Trinajstić information content (AvgIpc) is 2.42. The summed E-state index contributed by atoms with van der Waals surface area (Å²) in [7, 11) is 0. The van der Waals surface area contributed by atoms with Gasteiger partial charge in [-0.05, 0) is 36.2 Å². The molecule has 3 rings (SSSR count). The van der Waals surface area contributed by atoms with Crippen molar-refractivity contribution in [2.24, 2.45) is 0 Å². The van der Waals surface area contributed by atoms with Gasteiger partial charge in [0.15, 0.2) is 5.78 Å². The van der Waals surface area contributed by atoms with Crippen molar-refractivity contribution in [2.45, 2.75) is 19.4 Å². The van der Waals surface area contributed by atoms with Crippen LogP contribution in [0, 0.1) is 6.92 Å².